The van der Waals surface area contributed by atoms with Gasteiger partial charge in [0.05, 0.1) is 12.2 Å². The molecular weight excluding hydrogens is 219 g/mol. The molecule has 0 aromatic heterocycles. The van der Waals surface area contributed by atoms with Gasteiger partial charge in [0.1, 0.15) is 5.82 Å². The lowest BCUT2D eigenvalue weighted by Gasteiger charge is -2.16. The zero-order valence-electron chi connectivity index (χ0n) is 8.45. The largest absolute Gasteiger partial charge is 0.390 e. The van der Waals surface area contributed by atoms with Gasteiger partial charge in [-0.2, -0.15) is 0 Å². The van der Waals surface area contributed by atoms with Gasteiger partial charge in [0.2, 0.25) is 0 Å². The molecule has 2 atom stereocenters. The molecular formula is C11H14ClFO2. The zero-order chi connectivity index (χ0) is 11.4. The summed E-state index contributed by atoms with van der Waals surface area (Å²) in [7, 11) is 0. The van der Waals surface area contributed by atoms with E-state index in [2.05, 4.69) is 0 Å². The van der Waals surface area contributed by atoms with Crippen LogP contribution in [0.25, 0.3) is 0 Å². The van der Waals surface area contributed by atoms with Crippen molar-refractivity contribution < 1.29 is 14.6 Å². The van der Waals surface area contributed by atoms with E-state index in [1.54, 1.807) is 13.0 Å². The van der Waals surface area contributed by atoms with E-state index in [-0.39, 0.29) is 6.42 Å². The highest BCUT2D eigenvalue weighted by molar-refractivity contribution is 6.30. The summed E-state index contributed by atoms with van der Waals surface area (Å²) >= 11 is 5.59. The van der Waals surface area contributed by atoms with Gasteiger partial charge < -0.3 is 10.2 Å². The molecule has 2 N–H and O–H groups in total. The lowest BCUT2D eigenvalue weighted by atomic mass is 10.0. The van der Waals surface area contributed by atoms with Crippen LogP contribution in [0.5, 0.6) is 0 Å². The predicted octanol–water partition coefficient (Wildman–Crippen LogP) is 2.15. The molecule has 0 fully saturated rings. The second-order valence-electron chi connectivity index (χ2n) is 3.48. The van der Waals surface area contributed by atoms with E-state index in [4.69, 9.17) is 11.6 Å². The third-order valence-electron chi connectivity index (χ3n) is 2.31. The van der Waals surface area contributed by atoms with Gasteiger partial charge in [-0.05, 0) is 24.1 Å². The topological polar surface area (TPSA) is 40.5 Å². The quantitative estimate of drug-likeness (QED) is 0.835. The summed E-state index contributed by atoms with van der Waals surface area (Å²) in [6.45, 7) is 1.76. The van der Waals surface area contributed by atoms with Gasteiger partial charge >= 0.3 is 0 Å². The first kappa shape index (κ1) is 12.4. The lowest BCUT2D eigenvalue weighted by Crippen LogP contribution is -2.27. The van der Waals surface area contributed by atoms with E-state index in [0.717, 1.165) is 0 Å². The molecule has 1 rings (SSSR count). The van der Waals surface area contributed by atoms with Crippen LogP contribution in [0.1, 0.15) is 18.9 Å². The number of aliphatic hydroxyl groups is 2. The highest BCUT2D eigenvalue weighted by atomic mass is 35.5. The van der Waals surface area contributed by atoms with Gasteiger partial charge in [-0.3, -0.25) is 0 Å². The zero-order valence-corrected chi connectivity index (χ0v) is 9.21. The first-order valence-corrected chi connectivity index (χ1v) is 5.22. The van der Waals surface area contributed by atoms with Crippen molar-refractivity contribution in [3.63, 3.8) is 0 Å². The third kappa shape index (κ3) is 3.45. The van der Waals surface area contributed by atoms with E-state index >= 15 is 0 Å². The fourth-order valence-electron chi connectivity index (χ4n) is 1.32. The summed E-state index contributed by atoms with van der Waals surface area (Å²) < 4.78 is 13.3. The van der Waals surface area contributed by atoms with E-state index in [1.165, 1.54) is 12.1 Å². The molecule has 0 saturated carbocycles. The fraction of sp³-hybridized carbons (Fsp3) is 0.455. The van der Waals surface area contributed by atoms with Crippen LogP contribution in [-0.2, 0) is 6.42 Å². The molecule has 4 heteroatoms. The number of aliphatic hydroxyl groups excluding tert-OH is 2. The molecule has 0 aliphatic rings. The number of benzene rings is 1. The van der Waals surface area contributed by atoms with Crippen LogP contribution in [0.2, 0.25) is 5.02 Å². The Morgan fingerprint density at radius 3 is 2.53 bits per heavy atom. The molecule has 84 valence electrons. The number of hydrogen-bond donors (Lipinski definition) is 2. The van der Waals surface area contributed by atoms with Crippen molar-refractivity contribution in [3.8, 4) is 0 Å². The minimum Gasteiger partial charge on any atom is -0.390 e. The minimum absolute atomic E-state index is 0.0952. The molecule has 0 radical (unpaired) electrons. The Hall–Kier alpha value is -0.640. The van der Waals surface area contributed by atoms with Crippen molar-refractivity contribution >= 4 is 11.6 Å². The minimum atomic E-state index is -0.939. The summed E-state index contributed by atoms with van der Waals surface area (Å²) in [6, 6.07) is 4.27. The summed E-state index contributed by atoms with van der Waals surface area (Å²) in [5.74, 6) is -0.454. The van der Waals surface area contributed by atoms with E-state index in [0.29, 0.717) is 17.0 Å². The second kappa shape index (κ2) is 5.45. The third-order valence-corrected chi connectivity index (χ3v) is 2.54. The first-order valence-electron chi connectivity index (χ1n) is 4.84. The van der Waals surface area contributed by atoms with Gasteiger partial charge in [0.25, 0.3) is 0 Å². The molecule has 0 amide bonds. The maximum Gasteiger partial charge on any atom is 0.127 e. The Kier molecular flexibility index (Phi) is 4.51. The van der Waals surface area contributed by atoms with Crippen LogP contribution in [0, 0.1) is 5.82 Å². The SMILES string of the molecule is CCC(O)C(O)Cc1ccc(Cl)cc1F. The van der Waals surface area contributed by atoms with Crippen LogP contribution in [0.15, 0.2) is 18.2 Å². The second-order valence-corrected chi connectivity index (χ2v) is 3.92. The van der Waals surface area contributed by atoms with Gasteiger partial charge in [0.15, 0.2) is 0 Å². The van der Waals surface area contributed by atoms with Crippen LogP contribution in [-0.4, -0.2) is 22.4 Å². The Labute approximate surface area is 93.3 Å². The molecule has 2 nitrogen and oxygen atoms in total. The molecule has 15 heavy (non-hydrogen) atoms. The van der Waals surface area contributed by atoms with Gasteiger partial charge in [-0.1, -0.05) is 24.6 Å². The van der Waals surface area contributed by atoms with Crippen LogP contribution in [0.4, 0.5) is 4.39 Å². The molecule has 0 bridgehead atoms. The number of halogens is 2. The summed E-state index contributed by atoms with van der Waals surface area (Å²) in [6.07, 6.45) is -1.22. The highest BCUT2D eigenvalue weighted by Crippen LogP contribution is 2.17. The highest BCUT2D eigenvalue weighted by Gasteiger charge is 2.16. The van der Waals surface area contributed by atoms with Crippen LogP contribution in [0.3, 0.4) is 0 Å². The Morgan fingerprint density at radius 2 is 2.00 bits per heavy atom. The molecule has 1 aromatic carbocycles. The average Bonchev–Trinajstić information content (AvgIpc) is 2.20. The van der Waals surface area contributed by atoms with E-state index in [9.17, 15) is 14.6 Å². The normalized spacial score (nSPS) is 15.0. The fourth-order valence-corrected chi connectivity index (χ4v) is 1.48. The van der Waals surface area contributed by atoms with Crippen molar-refractivity contribution in [2.75, 3.05) is 0 Å². The van der Waals surface area contributed by atoms with Gasteiger partial charge in [0, 0.05) is 11.4 Å². The number of rotatable bonds is 4. The maximum atomic E-state index is 13.3. The smallest absolute Gasteiger partial charge is 0.127 e. The van der Waals surface area contributed by atoms with E-state index < -0.39 is 18.0 Å². The van der Waals surface area contributed by atoms with Crippen molar-refractivity contribution in [2.45, 2.75) is 32.0 Å². The Bertz CT molecular complexity index is 330. The summed E-state index contributed by atoms with van der Waals surface area (Å²) in [5.41, 5.74) is 0.361. The molecule has 0 aliphatic heterocycles. The predicted molar refractivity (Wildman–Crippen MR) is 57.4 cm³/mol. The molecule has 0 aliphatic carbocycles. The molecule has 0 saturated heterocycles. The first-order chi connectivity index (χ1) is 7.04. The van der Waals surface area contributed by atoms with Gasteiger partial charge in [-0.15, -0.1) is 0 Å². The van der Waals surface area contributed by atoms with Crippen LogP contribution >= 0.6 is 11.6 Å². The van der Waals surface area contributed by atoms with Crippen molar-refractivity contribution in [2.24, 2.45) is 0 Å². The Balaban J connectivity index is 2.72. The standard InChI is InChI=1S/C11H14ClFO2/c1-2-10(14)11(15)5-7-3-4-8(12)6-9(7)13/h3-4,6,10-11,14-15H,2,5H2,1H3. The van der Waals surface area contributed by atoms with Gasteiger partial charge in [-0.25, -0.2) is 4.39 Å². The van der Waals surface area contributed by atoms with Crippen molar-refractivity contribution in [1.82, 2.24) is 0 Å². The van der Waals surface area contributed by atoms with Crippen LogP contribution < -0.4 is 0 Å². The van der Waals surface area contributed by atoms with Crippen molar-refractivity contribution in [3.05, 3.63) is 34.6 Å². The lowest BCUT2D eigenvalue weighted by molar-refractivity contribution is 0.0177. The monoisotopic (exact) mass is 232 g/mol. The number of hydrogen-bond acceptors (Lipinski definition) is 2. The summed E-state index contributed by atoms with van der Waals surface area (Å²) in [5, 5.41) is 19.2. The van der Waals surface area contributed by atoms with Crippen molar-refractivity contribution in [1.29, 1.82) is 0 Å². The molecule has 0 spiro atoms. The molecule has 2 unspecified atom stereocenters. The maximum absolute atomic E-state index is 13.3. The summed E-state index contributed by atoms with van der Waals surface area (Å²) in [4.78, 5) is 0. The molecule has 0 heterocycles. The molecule has 1 aromatic rings. The Morgan fingerprint density at radius 1 is 1.33 bits per heavy atom. The average molecular weight is 233 g/mol. The van der Waals surface area contributed by atoms with E-state index in [1.807, 2.05) is 0 Å².